The van der Waals surface area contributed by atoms with Crippen LogP contribution in [0.4, 0.5) is 11.4 Å². The van der Waals surface area contributed by atoms with Gasteiger partial charge >= 0.3 is 0 Å². The van der Waals surface area contributed by atoms with Gasteiger partial charge in [0.2, 0.25) is 9.84 Å². The van der Waals surface area contributed by atoms with E-state index in [9.17, 15) is 8.42 Å². The van der Waals surface area contributed by atoms with Crippen molar-refractivity contribution in [2.45, 2.75) is 39.9 Å². The van der Waals surface area contributed by atoms with Crippen LogP contribution in [0.5, 0.6) is 0 Å². The molecule has 3 fully saturated rings. The third kappa shape index (κ3) is 5.56. The largest absolute Gasteiger partial charge is 0.368 e. The lowest BCUT2D eigenvalue weighted by Crippen LogP contribution is -2.54. The molecule has 0 spiro atoms. The molecular weight excluding hydrogens is 729 g/mol. The Morgan fingerprint density at radius 3 is 2.16 bits per heavy atom. The van der Waals surface area contributed by atoms with Crippen molar-refractivity contribution >= 4 is 63.8 Å². The molecule has 280 valence electrons. The zero-order valence-electron chi connectivity index (χ0n) is 30.3. The van der Waals surface area contributed by atoms with Crippen LogP contribution in [0.2, 0.25) is 0 Å². The van der Waals surface area contributed by atoms with Gasteiger partial charge in [-0.1, -0.05) is 60.7 Å². The number of anilines is 2. The summed E-state index contributed by atoms with van der Waals surface area (Å²) in [5, 5.41) is 7.29. The summed E-state index contributed by atoms with van der Waals surface area (Å²) in [5.74, 6) is 0. The Hall–Kier alpha value is -5.14. The van der Waals surface area contributed by atoms with E-state index in [0.717, 1.165) is 90.5 Å². The maximum absolute atomic E-state index is 15.2. The zero-order valence-corrected chi connectivity index (χ0v) is 32.0. The van der Waals surface area contributed by atoms with Gasteiger partial charge in [-0.05, 0) is 90.8 Å². The summed E-state index contributed by atoms with van der Waals surface area (Å²) in [4.78, 5) is 7.68. The second kappa shape index (κ2) is 13.3. The Kier molecular flexibility index (Phi) is 8.29. The van der Waals surface area contributed by atoms with Gasteiger partial charge in [0.05, 0.1) is 20.8 Å². The Labute approximate surface area is 321 Å². The topological polar surface area (TPSA) is 99.9 Å². The molecule has 0 amide bonds. The molecule has 5 aromatic carbocycles. The minimum absolute atomic E-state index is 0.0307. The van der Waals surface area contributed by atoms with Gasteiger partial charge in [-0.25, -0.2) is 20.8 Å². The monoisotopic (exact) mass is 770 g/mol. The predicted molar refractivity (Wildman–Crippen MR) is 218 cm³/mol. The summed E-state index contributed by atoms with van der Waals surface area (Å²) in [6, 6.07) is 37.6. The second-order valence-corrected chi connectivity index (χ2v) is 18.5. The van der Waals surface area contributed by atoms with Crippen molar-refractivity contribution in [3.63, 3.8) is 0 Å². The number of rotatable bonds is 7. The lowest BCUT2D eigenvalue weighted by molar-refractivity contribution is 0.150. The van der Waals surface area contributed by atoms with Gasteiger partial charge in [-0.2, -0.15) is 0 Å². The fourth-order valence-corrected chi connectivity index (χ4v) is 12.1. The molecule has 12 heteroatoms. The number of hydrogen-bond acceptors (Lipinski definition) is 8. The lowest BCUT2D eigenvalue weighted by atomic mass is 10.0. The summed E-state index contributed by atoms with van der Waals surface area (Å²) in [6.07, 6.45) is 3.17. The van der Waals surface area contributed by atoms with E-state index in [-0.39, 0.29) is 20.9 Å². The Morgan fingerprint density at radius 2 is 1.35 bits per heavy atom. The van der Waals surface area contributed by atoms with E-state index < -0.39 is 26.0 Å². The number of fused-ring (bicyclic) bond motifs is 4. The lowest BCUT2D eigenvalue weighted by Gasteiger charge is -2.47. The van der Waals surface area contributed by atoms with Crippen LogP contribution in [0.3, 0.4) is 0 Å². The molecule has 0 aliphatic carbocycles. The quantitative estimate of drug-likeness (QED) is 0.191. The Morgan fingerprint density at radius 1 is 0.600 bits per heavy atom. The molecular formula is C43H42N6O4S2. The van der Waals surface area contributed by atoms with E-state index in [2.05, 4.69) is 48.8 Å². The third-order valence-electron chi connectivity index (χ3n) is 11.8. The molecule has 0 radical (unpaired) electrons. The first-order valence-corrected chi connectivity index (χ1v) is 22.0. The van der Waals surface area contributed by atoms with Crippen LogP contribution in [0.1, 0.15) is 19.0 Å². The number of nitrogens with zero attached hydrogens (tertiary/aromatic N) is 5. The Bertz CT molecular complexity index is 2810. The summed E-state index contributed by atoms with van der Waals surface area (Å²) < 4.78 is 61.8. The maximum Gasteiger partial charge on any atom is 0.268 e. The molecule has 55 heavy (non-hydrogen) atoms. The van der Waals surface area contributed by atoms with Crippen molar-refractivity contribution in [1.29, 1.82) is 0 Å². The van der Waals surface area contributed by atoms with Crippen molar-refractivity contribution in [2.24, 2.45) is 0 Å². The van der Waals surface area contributed by atoms with E-state index in [1.54, 1.807) is 48.7 Å². The first-order chi connectivity index (χ1) is 26.8. The van der Waals surface area contributed by atoms with Gasteiger partial charge < -0.3 is 19.7 Å². The van der Waals surface area contributed by atoms with Gasteiger partial charge in [0.25, 0.3) is 10.0 Å². The molecule has 2 unspecified atom stereocenters. The molecule has 1 N–H and O–H groups in total. The van der Waals surface area contributed by atoms with Gasteiger partial charge in [-0.15, -0.1) is 0 Å². The molecule has 10 nitrogen and oxygen atoms in total. The van der Waals surface area contributed by atoms with Crippen LogP contribution in [-0.2, 0) is 19.9 Å². The van der Waals surface area contributed by atoms with Gasteiger partial charge in [0.1, 0.15) is 11.2 Å². The van der Waals surface area contributed by atoms with E-state index >= 15 is 8.42 Å². The minimum atomic E-state index is -4.04. The standard InChI is InChI=1S/C43H42N6O4S2/c50-54(51,34-19-18-31-9-4-5-10-32(31)29-34)42-30-36-37(46-25-21-44-22-26-46)13-6-16-40(36)49(42)43-41-17-8-23-45(41)27-28-47(43)38-14-7-15-39-35(38)20-24-48(39)55(52,53)33-11-2-1-3-12-33/h1-7,9-16,18-20,24,29-30,41,43-44H,8,17,21-23,25-28H2. The highest BCUT2D eigenvalue weighted by Crippen LogP contribution is 2.45. The van der Waals surface area contributed by atoms with Crippen LogP contribution in [-0.4, -0.2) is 82.1 Å². The van der Waals surface area contributed by atoms with Crippen molar-refractivity contribution in [2.75, 3.05) is 55.6 Å². The van der Waals surface area contributed by atoms with E-state index in [0.29, 0.717) is 12.1 Å². The van der Waals surface area contributed by atoms with Crippen molar-refractivity contribution in [1.82, 2.24) is 18.8 Å². The first kappa shape index (κ1) is 34.4. The predicted octanol–water partition coefficient (Wildman–Crippen LogP) is 6.71. The van der Waals surface area contributed by atoms with Crippen LogP contribution in [0.15, 0.2) is 142 Å². The molecule has 3 aliphatic rings. The van der Waals surface area contributed by atoms with Gasteiger partial charge in [0.15, 0.2) is 0 Å². The number of sulfone groups is 1. The fourth-order valence-electron chi connectivity index (χ4n) is 9.24. The highest BCUT2D eigenvalue weighted by atomic mass is 32.2. The van der Waals surface area contributed by atoms with Crippen LogP contribution in [0, 0.1) is 0 Å². The molecule has 3 saturated heterocycles. The first-order valence-electron chi connectivity index (χ1n) is 19.1. The fraction of sp³-hybridized carbons (Fsp3) is 0.256. The van der Waals surface area contributed by atoms with Gasteiger partial charge in [-0.3, -0.25) is 4.90 Å². The summed E-state index contributed by atoms with van der Waals surface area (Å²) in [6.45, 7) is 5.78. The molecule has 2 atom stereocenters. The maximum atomic E-state index is 15.2. The van der Waals surface area contributed by atoms with E-state index in [1.165, 1.54) is 3.97 Å². The molecule has 2 aromatic heterocycles. The van der Waals surface area contributed by atoms with E-state index in [1.807, 2.05) is 54.6 Å². The number of benzene rings is 5. The molecule has 7 aromatic rings. The van der Waals surface area contributed by atoms with Crippen LogP contribution >= 0.6 is 0 Å². The van der Waals surface area contributed by atoms with Crippen molar-refractivity contribution in [3.8, 4) is 0 Å². The Balaban J connectivity index is 1.20. The number of piperazine rings is 2. The van der Waals surface area contributed by atoms with Gasteiger partial charge in [0, 0.05) is 73.7 Å². The minimum Gasteiger partial charge on any atom is -0.368 e. The highest BCUT2D eigenvalue weighted by molar-refractivity contribution is 7.91. The van der Waals surface area contributed by atoms with Crippen LogP contribution < -0.4 is 15.1 Å². The summed E-state index contributed by atoms with van der Waals surface area (Å²) >= 11 is 0. The molecule has 5 heterocycles. The smallest absolute Gasteiger partial charge is 0.268 e. The number of nitrogens with one attached hydrogen (secondary N) is 1. The van der Waals surface area contributed by atoms with Crippen LogP contribution in [0.25, 0.3) is 32.6 Å². The number of hydrogen-bond donors (Lipinski definition) is 1. The second-order valence-electron chi connectivity index (χ2n) is 14.8. The average molecular weight is 771 g/mol. The number of aromatic nitrogens is 2. The van der Waals surface area contributed by atoms with Crippen molar-refractivity contribution < 1.29 is 16.8 Å². The SMILES string of the molecule is O=S(=O)(c1ccc2ccccc2c1)c1cc2c(N3CCNCC3)cccc2n1C1C2CCCN2CCN1c1cccc2c1ccn2S(=O)(=O)c1ccccc1. The summed E-state index contributed by atoms with van der Waals surface area (Å²) in [5.41, 5.74) is 3.36. The molecule has 0 bridgehead atoms. The van der Waals surface area contributed by atoms with E-state index in [4.69, 9.17) is 0 Å². The molecule has 3 aliphatic heterocycles. The molecule has 0 saturated carbocycles. The highest BCUT2D eigenvalue weighted by Gasteiger charge is 2.44. The average Bonchev–Trinajstić information content (AvgIpc) is 3.99. The molecule has 10 rings (SSSR count). The normalized spacial score (nSPS) is 19.8. The zero-order chi connectivity index (χ0) is 37.3. The third-order valence-corrected chi connectivity index (χ3v) is 15.3. The van der Waals surface area contributed by atoms with Crippen molar-refractivity contribution in [3.05, 3.63) is 128 Å². The summed E-state index contributed by atoms with van der Waals surface area (Å²) in [7, 11) is -7.90.